The van der Waals surface area contributed by atoms with Crippen LogP contribution in [0.5, 0.6) is 0 Å². The zero-order valence-corrected chi connectivity index (χ0v) is 6.92. The van der Waals surface area contributed by atoms with E-state index in [4.69, 9.17) is 5.73 Å². The lowest BCUT2D eigenvalue weighted by Crippen LogP contribution is -2.47. The second-order valence-electron chi connectivity index (χ2n) is 4.39. The Morgan fingerprint density at radius 1 is 1.36 bits per heavy atom. The summed E-state index contributed by atoms with van der Waals surface area (Å²) in [4.78, 5) is 0. The molecule has 3 atom stereocenters. The lowest BCUT2D eigenvalue weighted by Gasteiger charge is -2.44. The molecule has 2 rings (SSSR count). The molecule has 0 aromatic heterocycles. The number of aliphatic hydroxyl groups is 1. The van der Waals surface area contributed by atoms with Crippen molar-refractivity contribution in [3.63, 3.8) is 0 Å². The fraction of sp³-hybridized carbons (Fsp3) is 1.00. The molecule has 64 valence electrons. The summed E-state index contributed by atoms with van der Waals surface area (Å²) in [7, 11) is 0. The van der Waals surface area contributed by atoms with E-state index in [-0.39, 0.29) is 11.6 Å². The molecule has 0 amide bonds. The summed E-state index contributed by atoms with van der Waals surface area (Å²) in [6.45, 7) is 0. The maximum absolute atomic E-state index is 9.99. The van der Waals surface area contributed by atoms with Gasteiger partial charge in [-0.25, -0.2) is 0 Å². The van der Waals surface area contributed by atoms with Crippen molar-refractivity contribution in [1.82, 2.24) is 0 Å². The van der Waals surface area contributed by atoms with Crippen molar-refractivity contribution < 1.29 is 5.11 Å². The fourth-order valence-electron chi connectivity index (χ4n) is 2.85. The smallest absolute Gasteiger partial charge is 0.0665 e. The molecule has 3 N–H and O–H groups in total. The van der Waals surface area contributed by atoms with Crippen LogP contribution in [-0.4, -0.2) is 16.7 Å². The summed E-state index contributed by atoms with van der Waals surface area (Å²) in [5, 5.41) is 9.99. The standard InChI is InChI=1S/C9H17NO/c10-8-4-7-2-1-3-9(11,5-7)6-8/h7-8,11H,1-6,10H2/t7-,8+,9-/m0/s1. The molecule has 0 aromatic rings. The molecule has 2 fully saturated rings. The number of rotatable bonds is 0. The highest BCUT2D eigenvalue weighted by Gasteiger charge is 2.40. The fourth-order valence-corrected chi connectivity index (χ4v) is 2.85. The third-order valence-corrected chi connectivity index (χ3v) is 3.20. The van der Waals surface area contributed by atoms with Crippen LogP contribution in [0.1, 0.15) is 38.5 Å². The van der Waals surface area contributed by atoms with Crippen LogP contribution in [0.25, 0.3) is 0 Å². The summed E-state index contributed by atoms with van der Waals surface area (Å²) >= 11 is 0. The molecule has 0 heterocycles. The first kappa shape index (κ1) is 7.56. The number of fused-ring (bicyclic) bond motifs is 2. The van der Waals surface area contributed by atoms with Crippen LogP contribution in [0.2, 0.25) is 0 Å². The molecule has 2 saturated carbocycles. The van der Waals surface area contributed by atoms with E-state index >= 15 is 0 Å². The molecular formula is C9H17NO. The first-order valence-electron chi connectivity index (χ1n) is 4.66. The third-order valence-electron chi connectivity index (χ3n) is 3.20. The van der Waals surface area contributed by atoms with Gasteiger partial charge in [0.15, 0.2) is 0 Å². The van der Waals surface area contributed by atoms with Crippen LogP contribution in [-0.2, 0) is 0 Å². The van der Waals surface area contributed by atoms with Crippen molar-refractivity contribution in [2.75, 3.05) is 0 Å². The van der Waals surface area contributed by atoms with Gasteiger partial charge in [-0.3, -0.25) is 0 Å². The van der Waals surface area contributed by atoms with Crippen molar-refractivity contribution in [2.45, 2.75) is 50.2 Å². The Morgan fingerprint density at radius 3 is 2.91 bits per heavy atom. The number of hydrogen-bond acceptors (Lipinski definition) is 2. The quantitative estimate of drug-likeness (QED) is 0.549. The van der Waals surface area contributed by atoms with E-state index in [1.165, 1.54) is 12.8 Å². The monoisotopic (exact) mass is 155 g/mol. The van der Waals surface area contributed by atoms with E-state index < -0.39 is 0 Å². The summed E-state index contributed by atoms with van der Waals surface area (Å²) in [5.41, 5.74) is 5.48. The molecular weight excluding hydrogens is 138 g/mol. The van der Waals surface area contributed by atoms with Crippen molar-refractivity contribution in [1.29, 1.82) is 0 Å². The van der Waals surface area contributed by atoms with E-state index in [1.54, 1.807) is 0 Å². The molecule has 0 aromatic carbocycles. The van der Waals surface area contributed by atoms with Gasteiger partial charge in [-0.1, -0.05) is 12.8 Å². The van der Waals surface area contributed by atoms with Crippen LogP contribution in [0, 0.1) is 5.92 Å². The highest BCUT2D eigenvalue weighted by atomic mass is 16.3. The Balaban J connectivity index is 2.09. The van der Waals surface area contributed by atoms with Gasteiger partial charge in [0.2, 0.25) is 0 Å². The van der Waals surface area contributed by atoms with Gasteiger partial charge in [0.1, 0.15) is 0 Å². The van der Waals surface area contributed by atoms with Crippen molar-refractivity contribution in [3.8, 4) is 0 Å². The van der Waals surface area contributed by atoms with E-state index in [2.05, 4.69) is 0 Å². The Bertz CT molecular complexity index is 156. The average Bonchev–Trinajstić information content (AvgIpc) is 1.82. The maximum atomic E-state index is 9.99. The summed E-state index contributed by atoms with van der Waals surface area (Å²) in [5.74, 6) is 0.720. The highest BCUT2D eigenvalue weighted by molar-refractivity contribution is 4.95. The third kappa shape index (κ3) is 1.42. The Morgan fingerprint density at radius 2 is 2.18 bits per heavy atom. The number of hydrogen-bond donors (Lipinski definition) is 2. The van der Waals surface area contributed by atoms with Crippen LogP contribution in [0.3, 0.4) is 0 Å². The van der Waals surface area contributed by atoms with Crippen LogP contribution < -0.4 is 5.73 Å². The molecule has 0 radical (unpaired) electrons. The molecule has 0 unspecified atom stereocenters. The zero-order chi connectivity index (χ0) is 7.90. The van der Waals surface area contributed by atoms with Crippen LogP contribution >= 0.6 is 0 Å². The Hall–Kier alpha value is -0.0800. The predicted molar refractivity (Wildman–Crippen MR) is 44.1 cm³/mol. The van der Waals surface area contributed by atoms with Gasteiger partial charge in [0, 0.05) is 6.04 Å². The lowest BCUT2D eigenvalue weighted by molar-refractivity contribution is -0.0532. The summed E-state index contributed by atoms with van der Waals surface area (Å²) < 4.78 is 0. The average molecular weight is 155 g/mol. The van der Waals surface area contributed by atoms with Gasteiger partial charge in [-0.05, 0) is 31.6 Å². The van der Waals surface area contributed by atoms with E-state index in [1.807, 2.05) is 0 Å². The van der Waals surface area contributed by atoms with Gasteiger partial charge in [-0.15, -0.1) is 0 Å². The molecule has 2 bridgehead atoms. The first-order chi connectivity index (χ1) is 5.18. The molecule has 0 saturated heterocycles. The second kappa shape index (κ2) is 2.46. The summed E-state index contributed by atoms with van der Waals surface area (Å²) in [6, 6.07) is 0.263. The van der Waals surface area contributed by atoms with Gasteiger partial charge in [0.25, 0.3) is 0 Å². The molecule has 0 aliphatic heterocycles. The van der Waals surface area contributed by atoms with Crippen LogP contribution in [0.15, 0.2) is 0 Å². The normalized spacial score (nSPS) is 50.7. The van der Waals surface area contributed by atoms with Crippen molar-refractivity contribution in [3.05, 3.63) is 0 Å². The first-order valence-corrected chi connectivity index (χ1v) is 4.66. The van der Waals surface area contributed by atoms with Gasteiger partial charge in [-0.2, -0.15) is 0 Å². The van der Waals surface area contributed by atoms with E-state index in [0.717, 1.165) is 31.6 Å². The Labute approximate surface area is 67.8 Å². The zero-order valence-electron chi connectivity index (χ0n) is 6.92. The molecule has 11 heavy (non-hydrogen) atoms. The topological polar surface area (TPSA) is 46.2 Å². The minimum Gasteiger partial charge on any atom is -0.390 e. The minimum atomic E-state index is -0.374. The largest absolute Gasteiger partial charge is 0.390 e. The summed E-state index contributed by atoms with van der Waals surface area (Å²) in [6.07, 6.45) is 6.47. The van der Waals surface area contributed by atoms with Crippen molar-refractivity contribution in [2.24, 2.45) is 11.7 Å². The van der Waals surface area contributed by atoms with Crippen molar-refractivity contribution >= 4 is 0 Å². The van der Waals surface area contributed by atoms with Gasteiger partial charge < -0.3 is 10.8 Å². The van der Waals surface area contributed by atoms with Gasteiger partial charge >= 0.3 is 0 Å². The van der Waals surface area contributed by atoms with Gasteiger partial charge in [0.05, 0.1) is 5.60 Å². The lowest BCUT2D eigenvalue weighted by atomic mass is 9.68. The second-order valence-corrected chi connectivity index (χ2v) is 4.39. The molecule has 2 heteroatoms. The minimum absolute atomic E-state index is 0.263. The Kier molecular flexibility index (Phi) is 1.69. The van der Waals surface area contributed by atoms with E-state index in [9.17, 15) is 5.11 Å². The predicted octanol–water partition coefficient (Wildman–Crippen LogP) is 1.03. The molecule has 0 spiro atoms. The SMILES string of the molecule is N[C@@H]1C[C@@H]2CCC[C@@](O)(C1)C2. The molecule has 2 aliphatic carbocycles. The number of nitrogens with two attached hydrogens (primary N) is 1. The maximum Gasteiger partial charge on any atom is 0.0665 e. The van der Waals surface area contributed by atoms with E-state index in [0.29, 0.717) is 0 Å². The molecule has 2 nitrogen and oxygen atoms in total. The van der Waals surface area contributed by atoms with Crippen LogP contribution in [0.4, 0.5) is 0 Å². The highest BCUT2D eigenvalue weighted by Crippen LogP contribution is 2.41. The molecule has 2 aliphatic rings.